The molecular weight excluding hydrogens is 457 g/mol. The fourth-order valence-corrected chi connectivity index (χ4v) is 4.35. The summed E-state index contributed by atoms with van der Waals surface area (Å²) < 4.78 is 15.1. The van der Waals surface area contributed by atoms with Crippen LogP contribution in [-0.4, -0.2) is 25.7 Å². The lowest BCUT2D eigenvalue weighted by Gasteiger charge is -2.07. The van der Waals surface area contributed by atoms with Crippen LogP contribution in [0.2, 0.25) is 5.02 Å². The minimum atomic E-state index is -0.270. The average Bonchev–Trinajstić information content (AvgIpc) is 3.26. The molecule has 2 N–H and O–H groups in total. The van der Waals surface area contributed by atoms with Gasteiger partial charge in [0.25, 0.3) is 0 Å². The van der Waals surface area contributed by atoms with Crippen molar-refractivity contribution < 1.29 is 9.18 Å². The van der Waals surface area contributed by atoms with Gasteiger partial charge in [0.1, 0.15) is 12.4 Å². The molecule has 0 atom stereocenters. The number of anilines is 1. The largest absolute Gasteiger partial charge is 0.300 e. The van der Waals surface area contributed by atoms with Crippen molar-refractivity contribution in [1.82, 2.24) is 19.7 Å². The molecule has 0 aliphatic heterocycles. The molecule has 0 aliphatic rings. The van der Waals surface area contributed by atoms with E-state index in [1.807, 2.05) is 19.1 Å². The van der Waals surface area contributed by atoms with Crippen molar-refractivity contribution in [2.24, 2.45) is 0 Å². The predicted molar refractivity (Wildman–Crippen MR) is 123 cm³/mol. The smallest absolute Gasteiger partial charge is 0.246 e. The second kappa shape index (κ2) is 9.09. The van der Waals surface area contributed by atoms with E-state index in [0.29, 0.717) is 27.2 Å². The number of hydrogen-bond acceptors (Lipinski definition) is 5. The lowest BCUT2D eigenvalue weighted by atomic mass is 10.1. The maximum absolute atomic E-state index is 13.1. The van der Waals surface area contributed by atoms with Gasteiger partial charge in [-0.2, -0.15) is 5.10 Å². The monoisotopic (exact) mass is 473 g/mol. The summed E-state index contributed by atoms with van der Waals surface area (Å²) in [6.07, 6.45) is 0.618. The molecule has 0 unspecified atom stereocenters. The molecule has 2 heterocycles. The Balaban J connectivity index is 1.47. The van der Waals surface area contributed by atoms with E-state index in [1.54, 1.807) is 28.8 Å². The molecule has 31 heavy (non-hydrogen) atoms. The van der Waals surface area contributed by atoms with Crippen LogP contribution in [-0.2, 0) is 17.8 Å². The Hall–Kier alpha value is -2.88. The molecule has 4 rings (SSSR count). The van der Waals surface area contributed by atoms with Crippen molar-refractivity contribution in [3.8, 4) is 11.4 Å². The van der Waals surface area contributed by atoms with Gasteiger partial charge in [-0.15, -0.1) is 11.3 Å². The van der Waals surface area contributed by atoms with Gasteiger partial charge in [-0.1, -0.05) is 23.7 Å². The summed E-state index contributed by atoms with van der Waals surface area (Å²) in [4.78, 5) is 18.1. The number of nitrogens with zero attached hydrogens (tertiary/aromatic N) is 3. The van der Waals surface area contributed by atoms with Crippen LogP contribution in [0.1, 0.15) is 16.1 Å². The molecule has 10 heteroatoms. The maximum atomic E-state index is 13.1. The Morgan fingerprint density at radius 3 is 2.65 bits per heavy atom. The number of aromatic amines is 1. The van der Waals surface area contributed by atoms with Crippen molar-refractivity contribution in [2.75, 3.05) is 5.32 Å². The number of nitrogens with one attached hydrogen (secondary N) is 2. The quantitative estimate of drug-likeness (QED) is 0.368. The normalized spacial score (nSPS) is 10.9. The van der Waals surface area contributed by atoms with Crippen LogP contribution in [0.25, 0.3) is 11.4 Å². The number of carbonyl (C=O) groups excluding carboxylic acids is 1. The number of rotatable bonds is 6. The second-order valence-electron chi connectivity index (χ2n) is 6.82. The highest BCUT2D eigenvalue weighted by atomic mass is 35.5. The van der Waals surface area contributed by atoms with Gasteiger partial charge >= 0.3 is 0 Å². The summed E-state index contributed by atoms with van der Waals surface area (Å²) in [6.45, 7) is 1.87. The summed E-state index contributed by atoms with van der Waals surface area (Å²) in [5, 5.41) is 10.9. The van der Waals surface area contributed by atoms with Gasteiger partial charge in [0, 0.05) is 21.9 Å². The number of hydrogen-bond donors (Lipinski definition) is 2. The van der Waals surface area contributed by atoms with E-state index in [9.17, 15) is 9.18 Å². The Morgan fingerprint density at radius 2 is 1.94 bits per heavy atom. The number of carbonyl (C=O) groups is 1. The number of aryl methyl sites for hydroxylation is 1. The van der Waals surface area contributed by atoms with Gasteiger partial charge in [0.2, 0.25) is 5.91 Å². The molecule has 0 saturated heterocycles. The summed E-state index contributed by atoms with van der Waals surface area (Å²) in [6, 6.07) is 13.5. The van der Waals surface area contributed by atoms with Crippen LogP contribution in [0.4, 0.5) is 9.52 Å². The molecule has 1 amide bonds. The number of amides is 1. The van der Waals surface area contributed by atoms with Crippen LogP contribution in [0.5, 0.6) is 0 Å². The van der Waals surface area contributed by atoms with E-state index in [1.165, 1.54) is 23.5 Å². The fraction of sp³-hybridized carbons (Fsp3) is 0.143. The minimum absolute atomic E-state index is 0.0147. The third-order valence-corrected chi connectivity index (χ3v) is 6.22. The number of H-pyrrole nitrogens is 1. The van der Waals surface area contributed by atoms with Crippen molar-refractivity contribution in [3.63, 3.8) is 0 Å². The highest BCUT2D eigenvalue weighted by Gasteiger charge is 2.15. The number of benzene rings is 2. The Bertz CT molecular complexity index is 1280. The first-order chi connectivity index (χ1) is 14.9. The first-order valence-corrected chi connectivity index (χ1v) is 10.9. The first kappa shape index (κ1) is 21.4. The lowest BCUT2D eigenvalue weighted by molar-refractivity contribution is -0.116. The number of aromatic nitrogens is 4. The van der Waals surface area contributed by atoms with Crippen molar-refractivity contribution in [2.45, 2.75) is 19.9 Å². The van der Waals surface area contributed by atoms with Crippen LogP contribution >= 0.6 is 35.2 Å². The summed E-state index contributed by atoms with van der Waals surface area (Å²) in [5.74, 6) is 0.00693. The minimum Gasteiger partial charge on any atom is -0.300 e. The predicted octanol–water partition coefficient (Wildman–Crippen LogP) is 5.39. The molecule has 158 valence electrons. The summed E-state index contributed by atoms with van der Waals surface area (Å²) in [7, 11) is 0. The van der Waals surface area contributed by atoms with E-state index in [2.05, 4.69) is 20.5 Å². The van der Waals surface area contributed by atoms with Crippen LogP contribution in [0.15, 0.2) is 48.5 Å². The van der Waals surface area contributed by atoms with Gasteiger partial charge in [0.15, 0.2) is 15.7 Å². The van der Waals surface area contributed by atoms with Gasteiger partial charge in [-0.05, 0) is 61.1 Å². The molecule has 2 aromatic carbocycles. The maximum Gasteiger partial charge on any atom is 0.246 e. The average molecular weight is 474 g/mol. The Morgan fingerprint density at radius 1 is 1.23 bits per heavy atom. The highest BCUT2D eigenvalue weighted by molar-refractivity contribution is 7.71. The topological polar surface area (TPSA) is 75.6 Å². The lowest BCUT2D eigenvalue weighted by Crippen LogP contribution is -2.19. The van der Waals surface area contributed by atoms with Gasteiger partial charge in [-0.3, -0.25) is 14.5 Å². The molecule has 0 bridgehead atoms. The molecule has 0 saturated carbocycles. The summed E-state index contributed by atoms with van der Waals surface area (Å²) >= 11 is 12.6. The second-order valence-corrected chi connectivity index (χ2v) is 8.73. The molecule has 0 radical (unpaired) electrons. The fourth-order valence-electron chi connectivity index (χ4n) is 3.02. The Kier molecular flexibility index (Phi) is 6.26. The van der Waals surface area contributed by atoms with Gasteiger partial charge < -0.3 is 5.32 Å². The van der Waals surface area contributed by atoms with E-state index < -0.39 is 0 Å². The zero-order valence-electron chi connectivity index (χ0n) is 16.4. The molecule has 6 nitrogen and oxygen atoms in total. The first-order valence-electron chi connectivity index (χ1n) is 9.31. The SMILES string of the molecule is Cc1nc(NC(=O)Cn2c(-c3ccc(Cl)cc3)n[nH]c2=S)sc1Cc1ccc(F)cc1. The van der Waals surface area contributed by atoms with Crippen LogP contribution in [0, 0.1) is 17.5 Å². The van der Waals surface area contributed by atoms with Crippen molar-refractivity contribution in [3.05, 3.63) is 80.3 Å². The van der Waals surface area contributed by atoms with E-state index >= 15 is 0 Å². The third-order valence-electron chi connectivity index (χ3n) is 4.58. The molecule has 0 spiro atoms. The third kappa shape index (κ3) is 5.07. The zero-order valence-corrected chi connectivity index (χ0v) is 18.7. The molecule has 0 aliphatic carbocycles. The molecular formula is C21H17ClFN5OS2. The number of halogens is 2. The van der Waals surface area contributed by atoms with Crippen molar-refractivity contribution >= 4 is 46.2 Å². The molecule has 0 fully saturated rings. The highest BCUT2D eigenvalue weighted by Crippen LogP contribution is 2.26. The van der Waals surface area contributed by atoms with E-state index in [4.69, 9.17) is 23.8 Å². The van der Waals surface area contributed by atoms with E-state index in [-0.39, 0.29) is 18.3 Å². The summed E-state index contributed by atoms with van der Waals surface area (Å²) in [5.41, 5.74) is 2.59. The standard InChI is InChI=1S/C21H17ClFN5OS2/c1-12-17(10-13-2-8-16(23)9-3-13)31-20(24-12)25-18(29)11-28-19(26-27-21(28)30)14-4-6-15(22)7-5-14/h2-9H,10-11H2,1H3,(H,27,30)(H,24,25,29). The van der Waals surface area contributed by atoms with Gasteiger partial charge in [-0.25, -0.2) is 9.37 Å². The Labute approximate surface area is 191 Å². The number of thiazole rings is 1. The van der Waals surface area contributed by atoms with Crippen LogP contribution in [0.3, 0.4) is 0 Å². The molecule has 2 aromatic heterocycles. The van der Waals surface area contributed by atoms with Gasteiger partial charge in [0.05, 0.1) is 5.69 Å². The van der Waals surface area contributed by atoms with Crippen LogP contribution < -0.4 is 5.32 Å². The van der Waals surface area contributed by atoms with E-state index in [0.717, 1.165) is 21.7 Å². The zero-order chi connectivity index (χ0) is 22.0. The molecule has 4 aromatic rings. The van der Waals surface area contributed by atoms with Crippen molar-refractivity contribution in [1.29, 1.82) is 0 Å².